The zero-order chi connectivity index (χ0) is 19.8. The van der Waals surface area contributed by atoms with Gasteiger partial charge >= 0.3 is 0 Å². The topological polar surface area (TPSA) is 45.3 Å². The van der Waals surface area contributed by atoms with Gasteiger partial charge in [-0.25, -0.2) is 0 Å². The van der Waals surface area contributed by atoms with E-state index in [4.69, 9.17) is 17.0 Å². The lowest BCUT2D eigenvalue weighted by Gasteiger charge is -2.27. The minimum Gasteiger partial charge on any atom is -0.479 e. The van der Waals surface area contributed by atoms with Crippen molar-refractivity contribution < 1.29 is 9.53 Å². The molecule has 6 heteroatoms. The Morgan fingerprint density at radius 2 is 2.25 bits per heavy atom. The Labute approximate surface area is 176 Å². The van der Waals surface area contributed by atoms with Crippen LogP contribution in [0.2, 0.25) is 0 Å². The predicted octanol–water partition coefficient (Wildman–Crippen LogP) is 4.95. The number of amides is 1. The third-order valence-corrected chi connectivity index (χ3v) is 6.28. The van der Waals surface area contributed by atoms with Crippen molar-refractivity contribution in [2.24, 2.45) is 5.92 Å². The Hall–Kier alpha value is -1.79. The number of nitrogens with zero attached hydrogens (tertiary/aromatic N) is 1. The van der Waals surface area contributed by atoms with Crippen LogP contribution in [0.25, 0.3) is 10.9 Å². The Kier molecular flexibility index (Phi) is 7.98. The van der Waals surface area contributed by atoms with E-state index >= 15 is 0 Å². The third kappa shape index (κ3) is 5.85. The average molecular weight is 417 g/mol. The van der Waals surface area contributed by atoms with Gasteiger partial charge in [0.25, 0.3) is 0 Å². The van der Waals surface area contributed by atoms with Crippen molar-refractivity contribution in [1.82, 2.24) is 9.88 Å². The quantitative estimate of drug-likeness (QED) is 0.488. The summed E-state index contributed by atoms with van der Waals surface area (Å²) in [7, 11) is 0. The molecule has 1 aromatic heterocycles. The van der Waals surface area contributed by atoms with Crippen molar-refractivity contribution in [2.45, 2.75) is 32.6 Å². The zero-order valence-electron chi connectivity index (χ0n) is 16.4. The van der Waals surface area contributed by atoms with Crippen molar-refractivity contribution in [1.29, 1.82) is 0 Å². The molecular formula is C22H28N2O2S2. The second-order valence-electron chi connectivity index (χ2n) is 7.04. The van der Waals surface area contributed by atoms with Gasteiger partial charge in [-0.05, 0) is 62.4 Å². The van der Waals surface area contributed by atoms with Gasteiger partial charge in [-0.15, -0.1) is 0 Å². The molecule has 1 heterocycles. The molecule has 3 rings (SSSR count). The summed E-state index contributed by atoms with van der Waals surface area (Å²) in [6.07, 6.45) is 10.9. The zero-order valence-corrected chi connectivity index (χ0v) is 18.0. The molecule has 1 unspecified atom stereocenters. The molecule has 0 fully saturated rings. The summed E-state index contributed by atoms with van der Waals surface area (Å²) in [6.45, 7) is 3.93. The number of thiocarbonyl (C=S) groups is 1. The van der Waals surface area contributed by atoms with Gasteiger partial charge in [-0.3, -0.25) is 4.79 Å². The highest BCUT2D eigenvalue weighted by Gasteiger charge is 2.20. The van der Waals surface area contributed by atoms with Crippen LogP contribution in [0.3, 0.4) is 0 Å². The maximum absolute atomic E-state index is 12.9. The van der Waals surface area contributed by atoms with Gasteiger partial charge in [0, 0.05) is 30.2 Å². The Balaban J connectivity index is 1.64. The van der Waals surface area contributed by atoms with Crippen LogP contribution in [-0.2, 0) is 16.0 Å². The Morgan fingerprint density at radius 3 is 3.04 bits per heavy atom. The fourth-order valence-corrected chi connectivity index (χ4v) is 4.52. The molecular weight excluding hydrogens is 388 g/mol. The van der Waals surface area contributed by atoms with Crippen LogP contribution in [0.5, 0.6) is 0 Å². The summed E-state index contributed by atoms with van der Waals surface area (Å²) < 4.78 is 5.75. The van der Waals surface area contributed by atoms with Crippen LogP contribution in [0.15, 0.2) is 42.6 Å². The number of benzene rings is 1. The smallest absolute Gasteiger partial charge is 0.233 e. The molecule has 4 nitrogen and oxygen atoms in total. The van der Waals surface area contributed by atoms with Crippen LogP contribution < -0.4 is 0 Å². The second-order valence-corrected chi connectivity index (χ2v) is 8.62. The molecule has 0 radical (unpaired) electrons. The summed E-state index contributed by atoms with van der Waals surface area (Å²) in [5, 5.41) is 1.24. The number of para-hydroxylation sites is 1. The molecule has 1 aromatic carbocycles. The largest absolute Gasteiger partial charge is 0.479 e. The highest BCUT2D eigenvalue weighted by Crippen LogP contribution is 2.21. The molecule has 2 aromatic rings. The number of hydrogen-bond donors (Lipinski definition) is 1. The molecule has 0 aliphatic heterocycles. The first-order valence-electron chi connectivity index (χ1n) is 9.96. The lowest BCUT2D eigenvalue weighted by Crippen LogP contribution is -2.38. The molecule has 1 N–H and O–H groups in total. The fourth-order valence-electron chi connectivity index (χ4n) is 3.60. The van der Waals surface area contributed by atoms with Crippen molar-refractivity contribution in [3.63, 3.8) is 0 Å². The van der Waals surface area contributed by atoms with Crippen molar-refractivity contribution in [3.8, 4) is 0 Å². The van der Waals surface area contributed by atoms with Gasteiger partial charge < -0.3 is 14.6 Å². The molecule has 150 valence electrons. The first-order chi connectivity index (χ1) is 13.7. The van der Waals surface area contributed by atoms with E-state index < -0.39 is 0 Å². The number of rotatable bonds is 8. The maximum atomic E-state index is 12.9. The summed E-state index contributed by atoms with van der Waals surface area (Å²) in [6, 6.07) is 8.31. The van der Waals surface area contributed by atoms with Gasteiger partial charge in [0.15, 0.2) is 0 Å². The molecule has 1 aliphatic carbocycles. The molecule has 0 saturated heterocycles. The third-order valence-electron chi connectivity index (χ3n) is 5.06. The van der Waals surface area contributed by atoms with E-state index in [0.29, 0.717) is 29.2 Å². The highest BCUT2D eigenvalue weighted by atomic mass is 32.2. The summed E-state index contributed by atoms with van der Waals surface area (Å²) in [4.78, 5) is 18.2. The predicted molar refractivity (Wildman–Crippen MR) is 122 cm³/mol. The SMILES string of the molecule is CCOC(=S)SCC(=O)N(CCc1c[nH]c2ccccc12)CC1C=CCCC1. The normalized spacial score (nSPS) is 16.2. The number of carbonyl (C=O) groups excluding carboxylic acids is 1. The summed E-state index contributed by atoms with van der Waals surface area (Å²) in [5.41, 5.74) is 2.40. The van der Waals surface area contributed by atoms with Gasteiger partial charge in [-0.2, -0.15) is 0 Å². The second kappa shape index (κ2) is 10.7. The van der Waals surface area contributed by atoms with Crippen LogP contribution in [0.4, 0.5) is 0 Å². The van der Waals surface area contributed by atoms with Crippen LogP contribution in [0.1, 0.15) is 31.7 Å². The number of thioether (sulfide) groups is 1. The Bertz CT molecular complexity index is 831. The van der Waals surface area contributed by atoms with Crippen LogP contribution >= 0.6 is 24.0 Å². The number of allylic oxidation sites excluding steroid dienone is 1. The van der Waals surface area contributed by atoms with Gasteiger partial charge in [-0.1, -0.05) is 42.1 Å². The number of H-pyrrole nitrogens is 1. The van der Waals surface area contributed by atoms with Crippen LogP contribution in [0, 0.1) is 5.92 Å². The molecule has 1 atom stereocenters. The van der Waals surface area contributed by atoms with Gasteiger partial charge in [0.1, 0.15) is 0 Å². The van der Waals surface area contributed by atoms with E-state index in [1.165, 1.54) is 29.1 Å². The maximum Gasteiger partial charge on any atom is 0.233 e. The number of aromatic nitrogens is 1. The van der Waals surface area contributed by atoms with Crippen molar-refractivity contribution in [2.75, 3.05) is 25.4 Å². The number of ether oxygens (including phenoxy) is 1. The minimum atomic E-state index is 0.130. The van der Waals surface area contributed by atoms with E-state index in [9.17, 15) is 4.79 Å². The molecule has 1 amide bonds. The molecule has 0 bridgehead atoms. The van der Waals surface area contributed by atoms with E-state index in [1.807, 2.05) is 17.9 Å². The van der Waals surface area contributed by atoms with Crippen molar-refractivity contribution >= 4 is 45.2 Å². The lowest BCUT2D eigenvalue weighted by atomic mass is 9.95. The monoisotopic (exact) mass is 416 g/mol. The molecule has 0 saturated carbocycles. The summed E-state index contributed by atoms with van der Waals surface area (Å²) >= 11 is 6.48. The number of hydrogen-bond acceptors (Lipinski definition) is 4. The number of nitrogens with one attached hydrogen (secondary N) is 1. The first-order valence-corrected chi connectivity index (χ1v) is 11.4. The Morgan fingerprint density at radius 1 is 1.39 bits per heavy atom. The van der Waals surface area contributed by atoms with Crippen LogP contribution in [-0.4, -0.2) is 45.6 Å². The highest BCUT2D eigenvalue weighted by molar-refractivity contribution is 8.23. The molecule has 1 aliphatic rings. The van der Waals surface area contributed by atoms with Crippen molar-refractivity contribution in [3.05, 3.63) is 48.2 Å². The van der Waals surface area contributed by atoms with E-state index in [-0.39, 0.29) is 5.91 Å². The first kappa shape index (κ1) is 20.9. The number of carbonyl (C=O) groups is 1. The molecule has 0 spiro atoms. The van der Waals surface area contributed by atoms with E-state index in [1.54, 1.807) is 0 Å². The average Bonchev–Trinajstić information content (AvgIpc) is 3.13. The molecule has 28 heavy (non-hydrogen) atoms. The summed E-state index contributed by atoms with van der Waals surface area (Å²) in [5.74, 6) is 0.916. The van der Waals surface area contributed by atoms with Gasteiger partial charge in [0.05, 0.1) is 12.4 Å². The van der Waals surface area contributed by atoms with E-state index in [2.05, 4.69) is 41.5 Å². The standard InChI is InChI=1S/C22H28N2O2S2/c1-2-26-22(27)28-16-21(25)24(15-17-8-4-3-5-9-17)13-12-18-14-23-20-11-7-6-10-19(18)20/h4,6-8,10-11,14,17,23H,2-3,5,9,12-13,15-16H2,1H3. The number of fused-ring (bicyclic) bond motifs is 1. The lowest BCUT2D eigenvalue weighted by molar-refractivity contribution is -0.128. The van der Waals surface area contributed by atoms with E-state index in [0.717, 1.165) is 31.3 Å². The number of aromatic amines is 1. The minimum absolute atomic E-state index is 0.130. The fraction of sp³-hybridized carbons (Fsp3) is 0.455. The van der Waals surface area contributed by atoms with Gasteiger partial charge in [0.2, 0.25) is 10.3 Å².